The number of carbonyl (C=O) groups is 1. The van der Waals surface area contributed by atoms with Gasteiger partial charge in [-0.05, 0) is 56.7 Å². The summed E-state index contributed by atoms with van der Waals surface area (Å²) in [5, 5.41) is 10.3. The fraction of sp³-hybridized carbons (Fsp3) is 0.471. The first-order valence-corrected chi connectivity index (χ1v) is 8.03. The third-order valence-corrected chi connectivity index (χ3v) is 4.62. The van der Waals surface area contributed by atoms with E-state index in [2.05, 4.69) is 20.5 Å². The van der Waals surface area contributed by atoms with Crippen LogP contribution in [0.15, 0.2) is 18.3 Å². The Labute approximate surface area is 129 Å². The van der Waals surface area contributed by atoms with Gasteiger partial charge in [0.05, 0.1) is 29.2 Å². The van der Waals surface area contributed by atoms with Crippen LogP contribution in [0.25, 0.3) is 0 Å². The van der Waals surface area contributed by atoms with E-state index in [4.69, 9.17) is 0 Å². The van der Waals surface area contributed by atoms with Crippen molar-refractivity contribution in [2.45, 2.75) is 51.0 Å². The number of amides is 1. The molecule has 0 aromatic carbocycles. The zero-order chi connectivity index (χ0) is 15.1. The Morgan fingerprint density at radius 1 is 1.32 bits per heavy atom. The maximum atomic E-state index is 12.7. The van der Waals surface area contributed by atoms with Gasteiger partial charge < -0.3 is 5.32 Å². The molecule has 0 saturated heterocycles. The van der Waals surface area contributed by atoms with Crippen molar-refractivity contribution >= 4 is 5.91 Å². The number of rotatable bonds is 3. The number of pyridine rings is 1. The quantitative estimate of drug-likeness (QED) is 0.915. The predicted molar refractivity (Wildman–Crippen MR) is 82.7 cm³/mol. The Morgan fingerprint density at radius 2 is 2.18 bits per heavy atom. The van der Waals surface area contributed by atoms with Gasteiger partial charge in [-0.1, -0.05) is 0 Å². The second-order valence-corrected chi connectivity index (χ2v) is 6.39. The largest absolute Gasteiger partial charge is 0.344 e. The van der Waals surface area contributed by atoms with Crippen LogP contribution in [0, 0.1) is 6.92 Å². The van der Waals surface area contributed by atoms with E-state index in [-0.39, 0.29) is 11.9 Å². The van der Waals surface area contributed by atoms with Crippen LogP contribution in [-0.4, -0.2) is 21.1 Å². The van der Waals surface area contributed by atoms with E-state index in [1.807, 2.05) is 25.3 Å². The van der Waals surface area contributed by atoms with E-state index in [9.17, 15) is 4.79 Å². The van der Waals surface area contributed by atoms with Crippen LogP contribution in [0.2, 0.25) is 0 Å². The lowest BCUT2D eigenvalue weighted by atomic mass is 9.93. The van der Waals surface area contributed by atoms with E-state index >= 15 is 0 Å². The lowest BCUT2D eigenvalue weighted by molar-refractivity contribution is 0.0930. The van der Waals surface area contributed by atoms with Gasteiger partial charge in [0.15, 0.2) is 0 Å². The number of carbonyl (C=O) groups excluding carboxylic acids is 1. The van der Waals surface area contributed by atoms with Gasteiger partial charge in [0.25, 0.3) is 5.91 Å². The second kappa shape index (κ2) is 5.23. The van der Waals surface area contributed by atoms with Crippen LogP contribution in [0.1, 0.15) is 70.6 Å². The first-order chi connectivity index (χ1) is 10.7. The molecule has 0 radical (unpaired) electrons. The van der Waals surface area contributed by atoms with E-state index in [0.29, 0.717) is 5.92 Å². The molecule has 1 unspecified atom stereocenters. The highest BCUT2D eigenvalue weighted by molar-refractivity contribution is 5.95. The highest BCUT2D eigenvalue weighted by Crippen LogP contribution is 2.40. The van der Waals surface area contributed by atoms with E-state index < -0.39 is 0 Å². The van der Waals surface area contributed by atoms with Crippen molar-refractivity contribution < 1.29 is 4.79 Å². The molecule has 22 heavy (non-hydrogen) atoms. The summed E-state index contributed by atoms with van der Waals surface area (Å²) in [5.41, 5.74) is 4.97. The average Bonchev–Trinajstić information content (AvgIpc) is 3.24. The topological polar surface area (TPSA) is 70.7 Å². The summed E-state index contributed by atoms with van der Waals surface area (Å²) < 4.78 is 0. The zero-order valence-electron chi connectivity index (χ0n) is 12.7. The molecule has 2 N–H and O–H groups in total. The Morgan fingerprint density at radius 3 is 3.00 bits per heavy atom. The van der Waals surface area contributed by atoms with Crippen molar-refractivity contribution in [3.8, 4) is 0 Å². The van der Waals surface area contributed by atoms with Crippen LogP contribution in [0.3, 0.4) is 0 Å². The van der Waals surface area contributed by atoms with Crippen LogP contribution in [0.5, 0.6) is 0 Å². The molecule has 2 aromatic heterocycles. The minimum absolute atomic E-state index is 0.0122. The van der Waals surface area contributed by atoms with Crippen molar-refractivity contribution in [3.63, 3.8) is 0 Å². The van der Waals surface area contributed by atoms with Crippen molar-refractivity contribution in [3.05, 3.63) is 46.5 Å². The van der Waals surface area contributed by atoms with Crippen molar-refractivity contribution in [1.82, 2.24) is 20.5 Å². The number of H-pyrrole nitrogens is 1. The number of nitrogens with one attached hydrogen (secondary N) is 2. The van der Waals surface area contributed by atoms with Crippen molar-refractivity contribution in [2.75, 3.05) is 0 Å². The van der Waals surface area contributed by atoms with Crippen molar-refractivity contribution in [1.29, 1.82) is 0 Å². The number of fused-ring (bicyclic) bond motifs is 1. The summed E-state index contributed by atoms with van der Waals surface area (Å²) in [4.78, 5) is 17.3. The average molecular weight is 296 g/mol. The number of aromatic amines is 1. The molecule has 4 rings (SSSR count). The fourth-order valence-electron chi connectivity index (χ4n) is 3.28. The molecule has 2 heterocycles. The molecule has 2 aromatic rings. The minimum atomic E-state index is -0.0122. The Kier molecular flexibility index (Phi) is 3.21. The summed E-state index contributed by atoms with van der Waals surface area (Å²) in [6, 6.07) is 3.87. The number of hydrogen-bond acceptors (Lipinski definition) is 3. The monoisotopic (exact) mass is 296 g/mol. The van der Waals surface area contributed by atoms with Crippen LogP contribution in [-0.2, 0) is 6.42 Å². The highest BCUT2D eigenvalue weighted by atomic mass is 16.1. The highest BCUT2D eigenvalue weighted by Gasteiger charge is 2.31. The maximum absolute atomic E-state index is 12.7. The van der Waals surface area contributed by atoms with Gasteiger partial charge in [-0.3, -0.25) is 14.9 Å². The number of nitrogens with zero attached hydrogens (tertiary/aromatic N) is 2. The van der Waals surface area contributed by atoms with E-state index in [1.54, 1.807) is 0 Å². The molecule has 114 valence electrons. The Balaban J connectivity index is 1.59. The van der Waals surface area contributed by atoms with Gasteiger partial charge in [0, 0.05) is 11.6 Å². The van der Waals surface area contributed by atoms with Gasteiger partial charge in [0.2, 0.25) is 0 Å². The molecule has 5 nitrogen and oxygen atoms in total. The van der Waals surface area contributed by atoms with Gasteiger partial charge >= 0.3 is 0 Å². The molecule has 0 spiro atoms. The first kappa shape index (κ1) is 13.5. The van der Waals surface area contributed by atoms with Crippen LogP contribution in [0.4, 0.5) is 0 Å². The normalized spacial score (nSPS) is 20.5. The fourth-order valence-corrected chi connectivity index (χ4v) is 3.28. The molecule has 2 aliphatic rings. The molecule has 2 aliphatic carbocycles. The molecule has 1 amide bonds. The SMILES string of the molecule is Cc1ccc(C(=O)NC2CCCc3cn[nH]c32)c(C2CC2)n1. The standard InChI is InChI=1S/C17H20N4O/c1-10-5-8-13(15(19-10)11-6-7-11)17(22)20-14-4-2-3-12-9-18-21-16(12)14/h5,8-9,11,14H,2-4,6-7H2,1H3,(H,18,21)(H,20,22). The first-order valence-electron chi connectivity index (χ1n) is 8.03. The Hall–Kier alpha value is -2.17. The number of aryl methyl sites for hydroxylation is 2. The maximum Gasteiger partial charge on any atom is 0.253 e. The lowest BCUT2D eigenvalue weighted by Gasteiger charge is -2.23. The molecular formula is C17H20N4O. The molecule has 1 fully saturated rings. The summed E-state index contributed by atoms with van der Waals surface area (Å²) in [6.07, 6.45) is 7.24. The third kappa shape index (κ3) is 2.40. The third-order valence-electron chi connectivity index (χ3n) is 4.62. The smallest absolute Gasteiger partial charge is 0.253 e. The van der Waals surface area contributed by atoms with Crippen LogP contribution >= 0.6 is 0 Å². The number of aromatic nitrogens is 3. The molecule has 1 atom stereocenters. The minimum Gasteiger partial charge on any atom is -0.344 e. The zero-order valence-corrected chi connectivity index (χ0v) is 12.7. The van der Waals surface area contributed by atoms with E-state index in [1.165, 1.54) is 5.56 Å². The molecule has 0 aliphatic heterocycles. The summed E-state index contributed by atoms with van der Waals surface area (Å²) >= 11 is 0. The molecule has 1 saturated carbocycles. The van der Waals surface area contributed by atoms with Crippen LogP contribution < -0.4 is 5.32 Å². The lowest BCUT2D eigenvalue weighted by Crippen LogP contribution is -2.31. The summed E-state index contributed by atoms with van der Waals surface area (Å²) in [7, 11) is 0. The van der Waals surface area contributed by atoms with E-state index in [0.717, 1.165) is 54.7 Å². The second-order valence-electron chi connectivity index (χ2n) is 6.39. The Bertz CT molecular complexity index is 717. The summed E-state index contributed by atoms with van der Waals surface area (Å²) in [5.74, 6) is 0.455. The molecule has 5 heteroatoms. The van der Waals surface area contributed by atoms with Gasteiger partial charge in [-0.25, -0.2) is 0 Å². The van der Waals surface area contributed by atoms with Gasteiger partial charge in [0.1, 0.15) is 0 Å². The number of hydrogen-bond donors (Lipinski definition) is 2. The summed E-state index contributed by atoms with van der Waals surface area (Å²) in [6.45, 7) is 1.98. The van der Waals surface area contributed by atoms with Gasteiger partial charge in [-0.2, -0.15) is 5.10 Å². The van der Waals surface area contributed by atoms with Crippen molar-refractivity contribution in [2.24, 2.45) is 0 Å². The molecule has 0 bridgehead atoms. The van der Waals surface area contributed by atoms with Gasteiger partial charge in [-0.15, -0.1) is 0 Å². The molecular weight excluding hydrogens is 276 g/mol. The predicted octanol–water partition coefficient (Wildman–Crippen LogP) is 2.80.